The minimum Gasteiger partial charge on any atom is -0.405 e. The first-order chi connectivity index (χ1) is 9.98. The maximum Gasteiger partial charge on any atom is 0.169 e. The first kappa shape index (κ1) is 15.6. The third-order valence-electron chi connectivity index (χ3n) is 3.28. The van der Waals surface area contributed by atoms with E-state index in [0.29, 0.717) is 10.5 Å². The zero-order chi connectivity index (χ0) is 15.3. The van der Waals surface area contributed by atoms with Crippen LogP contribution in [-0.4, -0.2) is 10.5 Å². The summed E-state index contributed by atoms with van der Waals surface area (Å²) < 4.78 is 6.07. The highest BCUT2D eigenvalue weighted by atomic mass is 28.2. The standard InChI is InChI=1S/C19H22OSi/c1-18(2,3)14-15-19(20-21,16-10-6-4-7-11-16)17-12-8-5-9-13-17/h4-13H,1-3,21H3. The predicted octanol–water partition coefficient (Wildman–Crippen LogP) is 3.28. The summed E-state index contributed by atoms with van der Waals surface area (Å²) in [5, 5.41) is 0. The molecular weight excluding hydrogens is 272 g/mol. The second-order valence-corrected chi connectivity index (χ2v) is 6.53. The van der Waals surface area contributed by atoms with Gasteiger partial charge in [-0.3, -0.25) is 0 Å². The van der Waals surface area contributed by atoms with Crippen LogP contribution in [0.3, 0.4) is 0 Å². The molecule has 0 aliphatic carbocycles. The van der Waals surface area contributed by atoms with E-state index in [0.717, 1.165) is 11.1 Å². The van der Waals surface area contributed by atoms with Crippen LogP contribution in [-0.2, 0) is 10.0 Å². The molecule has 0 amide bonds. The van der Waals surface area contributed by atoms with Crippen LogP contribution in [0.2, 0.25) is 0 Å². The summed E-state index contributed by atoms with van der Waals surface area (Å²) in [4.78, 5) is 0. The summed E-state index contributed by atoms with van der Waals surface area (Å²) in [5.74, 6) is 6.78. The molecule has 0 aromatic heterocycles. The van der Waals surface area contributed by atoms with Crippen molar-refractivity contribution in [3.05, 3.63) is 71.8 Å². The van der Waals surface area contributed by atoms with Crippen molar-refractivity contribution in [1.29, 1.82) is 0 Å². The minimum absolute atomic E-state index is 0.0606. The van der Waals surface area contributed by atoms with Gasteiger partial charge in [0.1, 0.15) is 10.5 Å². The molecule has 0 radical (unpaired) electrons. The lowest BCUT2D eigenvalue weighted by Gasteiger charge is -2.29. The van der Waals surface area contributed by atoms with Crippen molar-refractivity contribution in [2.75, 3.05) is 0 Å². The highest BCUT2D eigenvalue weighted by molar-refractivity contribution is 5.99. The van der Waals surface area contributed by atoms with Crippen molar-refractivity contribution in [3.63, 3.8) is 0 Å². The van der Waals surface area contributed by atoms with Crippen LogP contribution in [0.25, 0.3) is 0 Å². The van der Waals surface area contributed by atoms with Gasteiger partial charge in [0.25, 0.3) is 0 Å². The Hall–Kier alpha value is -1.82. The molecule has 21 heavy (non-hydrogen) atoms. The van der Waals surface area contributed by atoms with Crippen LogP contribution in [0, 0.1) is 17.3 Å². The Morgan fingerprint density at radius 3 is 1.52 bits per heavy atom. The Morgan fingerprint density at radius 2 is 1.19 bits per heavy atom. The largest absolute Gasteiger partial charge is 0.405 e. The normalized spacial score (nSPS) is 11.8. The van der Waals surface area contributed by atoms with Crippen molar-refractivity contribution in [3.8, 4) is 11.8 Å². The topological polar surface area (TPSA) is 9.23 Å². The van der Waals surface area contributed by atoms with Crippen molar-refractivity contribution in [2.45, 2.75) is 26.4 Å². The Kier molecular flexibility index (Phi) is 4.67. The van der Waals surface area contributed by atoms with E-state index in [4.69, 9.17) is 4.43 Å². The van der Waals surface area contributed by atoms with Crippen LogP contribution in [0.4, 0.5) is 0 Å². The van der Waals surface area contributed by atoms with Crippen LogP contribution >= 0.6 is 0 Å². The summed E-state index contributed by atoms with van der Waals surface area (Å²) in [7, 11) is 0.614. The van der Waals surface area contributed by atoms with E-state index in [1.165, 1.54) is 0 Å². The first-order valence-corrected chi connectivity index (χ1v) is 8.00. The van der Waals surface area contributed by atoms with E-state index in [9.17, 15) is 0 Å². The zero-order valence-corrected chi connectivity index (χ0v) is 15.2. The molecule has 0 saturated carbocycles. The molecule has 2 heteroatoms. The van der Waals surface area contributed by atoms with E-state index < -0.39 is 5.60 Å². The molecule has 0 N–H and O–H groups in total. The molecule has 0 spiro atoms. The second kappa shape index (κ2) is 6.30. The Balaban J connectivity index is 2.65. The van der Waals surface area contributed by atoms with Gasteiger partial charge >= 0.3 is 0 Å². The van der Waals surface area contributed by atoms with Crippen LogP contribution < -0.4 is 0 Å². The quantitative estimate of drug-likeness (QED) is 0.623. The molecule has 0 aliphatic heterocycles. The van der Waals surface area contributed by atoms with Crippen LogP contribution in [0.5, 0.6) is 0 Å². The van der Waals surface area contributed by atoms with Gasteiger partial charge in [-0.15, -0.1) is 0 Å². The molecule has 0 bridgehead atoms. The van der Waals surface area contributed by atoms with Crippen LogP contribution in [0.1, 0.15) is 31.9 Å². The Labute approximate surface area is 130 Å². The van der Waals surface area contributed by atoms with Gasteiger partial charge < -0.3 is 4.43 Å². The third kappa shape index (κ3) is 3.63. The maximum atomic E-state index is 6.07. The zero-order valence-electron chi connectivity index (χ0n) is 13.2. The lowest BCUT2D eigenvalue weighted by molar-refractivity contribution is 0.194. The molecule has 108 valence electrons. The van der Waals surface area contributed by atoms with Crippen molar-refractivity contribution < 1.29 is 4.43 Å². The number of benzene rings is 2. The van der Waals surface area contributed by atoms with Crippen LogP contribution in [0.15, 0.2) is 60.7 Å². The molecule has 1 nitrogen and oxygen atoms in total. The fraction of sp³-hybridized carbons (Fsp3) is 0.263. The number of rotatable bonds is 3. The predicted molar refractivity (Wildman–Crippen MR) is 91.9 cm³/mol. The summed E-state index contributed by atoms with van der Waals surface area (Å²) >= 11 is 0. The smallest absolute Gasteiger partial charge is 0.169 e. The summed E-state index contributed by atoms with van der Waals surface area (Å²) in [5.41, 5.74) is 1.45. The second-order valence-electron chi connectivity index (χ2n) is 6.12. The van der Waals surface area contributed by atoms with Gasteiger partial charge in [-0.05, 0) is 31.9 Å². The lowest BCUT2D eigenvalue weighted by Crippen LogP contribution is -2.29. The van der Waals surface area contributed by atoms with E-state index in [1.807, 2.05) is 36.4 Å². The summed E-state index contributed by atoms with van der Waals surface area (Å²) in [6, 6.07) is 20.5. The lowest BCUT2D eigenvalue weighted by atomic mass is 9.85. The van der Waals surface area contributed by atoms with Crippen molar-refractivity contribution in [1.82, 2.24) is 0 Å². The highest BCUT2D eigenvalue weighted by Gasteiger charge is 2.31. The minimum atomic E-state index is -0.665. The monoisotopic (exact) mass is 294 g/mol. The molecule has 0 unspecified atom stereocenters. The molecular formula is C19H22OSi. The van der Waals surface area contributed by atoms with Crippen molar-refractivity contribution >= 4 is 10.5 Å². The molecule has 0 heterocycles. The van der Waals surface area contributed by atoms with E-state index in [-0.39, 0.29) is 5.41 Å². The van der Waals surface area contributed by atoms with Gasteiger partial charge in [0, 0.05) is 5.41 Å². The molecule has 2 aromatic rings. The first-order valence-electron chi connectivity index (χ1n) is 7.18. The maximum absolute atomic E-state index is 6.07. The van der Waals surface area contributed by atoms with Crippen molar-refractivity contribution in [2.24, 2.45) is 5.41 Å². The van der Waals surface area contributed by atoms with Gasteiger partial charge in [0.05, 0.1) is 0 Å². The van der Waals surface area contributed by atoms with Gasteiger partial charge in [0.2, 0.25) is 0 Å². The molecule has 0 fully saturated rings. The SMILES string of the molecule is CC(C)(C)C#CC(O[SiH3])(c1ccccc1)c1ccccc1. The van der Waals surface area contributed by atoms with Gasteiger partial charge in [-0.2, -0.15) is 0 Å². The van der Waals surface area contributed by atoms with Gasteiger partial charge in [0.15, 0.2) is 5.60 Å². The summed E-state index contributed by atoms with van der Waals surface area (Å²) in [6.07, 6.45) is 0. The van der Waals surface area contributed by atoms with E-state index in [2.05, 4.69) is 56.9 Å². The van der Waals surface area contributed by atoms with E-state index >= 15 is 0 Å². The number of hydrogen-bond acceptors (Lipinski definition) is 1. The molecule has 0 aliphatic rings. The Bertz CT molecular complexity index is 591. The molecule has 0 saturated heterocycles. The highest BCUT2D eigenvalue weighted by Crippen LogP contribution is 2.32. The molecule has 2 aromatic carbocycles. The van der Waals surface area contributed by atoms with Gasteiger partial charge in [-0.1, -0.05) is 72.5 Å². The average molecular weight is 294 g/mol. The fourth-order valence-electron chi connectivity index (χ4n) is 2.22. The van der Waals surface area contributed by atoms with Gasteiger partial charge in [-0.25, -0.2) is 0 Å². The summed E-state index contributed by atoms with van der Waals surface area (Å²) in [6.45, 7) is 6.36. The Morgan fingerprint density at radius 1 is 0.762 bits per heavy atom. The van der Waals surface area contributed by atoms with E-state index in [1.54, 1.807) is 0 Å². The average Bonchev–Trinajstić information content (AvgIpc) is 2.49. The molecule has 0 atom stereocenters. The fourth-order valence-corrected chi connectivity index (χ4v) is 2.79. The third-order valence-corrected chi connectivity index (χ3v) is 3.89. The molecule has 2 rings (SSSR count). The number of hydrogen-bond donors (Lipinski definition) is 0.